The highest BCUT2D eigenvalue weighted by Crippen LogP contribution is 2.33. The smallest absolute Gasteiger partial charge is 0.305 e. The fraction of sp³-hybridized carbons (Fsp3) is 0.250. The van der Waals surface area contributed by atoms with Gasteiger partial charge in [0.25, 0.3) is 17.7 Å². The maximum Gasteiger partial charge on any atom is 0.305 e. The summed E-state index contributed by atoms with van der Waals surface area (Å²) < 4.78 is 0. The number of hydrogen-bond donors (Lipinski definition) is 5. The molecule has 0 spiro atoms. The number of aldehydes is 1. The molecule has 0 fully saturated rings. The van der Waals surface area contributed by atoms with Crippen LogP contribution in [0, 0.1) is 0 Å². The SMILES string of the molecule is O=C[C@H](CC(=O)O)NC(=O)CN1C(=O)[C@@H](NC(=O)c2ccc(O)cc2)CN(C(=O)CO)c2ccccc21. The molecule has 37 heavy (non-hydrogen) atoms. The second-order valence-electron chi connectivity index (χ2n) is 8.06. The van der Waals surface area contributed by atoms with Crippen LogP contribution < -0.4 is 20.4 Å². The molecule has 5 N–H and O–H groups in total. The number of aliphatic hydroxyl groups is 1. The van der Waals surface area contributed by atoms with Crippen molar-refractivity contribution in [3.05, 3.63) is 54.1 Å². The lowest BCUT2D eigenvalue weighted by Crippen LogP contribution is -2.55. The number of nitrogens with one attached hydrogen (secondary N) is 2. The van der Waals surface area contributed by atoms with E-state index in [4.69, 9.17) is 5.11 Å². The molecule has 0 radical (unpaired) electrons. The predicted molar refractivity (Wildman–Crippen MR) is 128 cm³/mol. The average molecular weight is 512 g/mol. The first-order valence-electron chi connectivity index (χ1n) is 11.0. The number of carbonyl (C=O) groups excluding carboxylic acids is 5. The van der Waals surface area contributed by atoms with E-state index < -0.39 is 61.3 Å². The molecule has 4 amide bonds. The largest absolute Gasteiger partial charge is 0.508 e. The molecule has 0 aromatic heterocycles. The maximum atomic E-state index is 13.6. The number of phenolic OH excluding ortho intramolecular Hbond substituents is 1. The number of amides is 4. The third kappa shape index (κ3) is 6.46. The van der Waals surface area contributed by atoms with E-state index in [2.05, 4.69) is 10.6 Å². The molecule has 0 aliphatic carbocycles. The second kappa shape index (κ2) is 11.8. The van der Waals surface area contributed by atoms with E-state index in [9.17, 15) is 39.0 Å². The number of rotatable bonds is 9. The Morgan fingerprint density at radius 2 is 1.70 bits per heavy atom. The van der Waals surface area contributed by atoms with E-state index in [1.165, 1.54) is 36.4 Å². The van der Waals surface area contributed by atoms with Crippen molar-refractivity contribution < 1.29 is 44.1 Å². The van der Waals surface area contributed by atoms with Crippen LogP contribution in [-0.2, 0) is 24.0 Å². The van der Waals surface area contributed by atoms with Gasteiger partial charge in [-0.25, -0.2) is 0 Å². The Labute approximate surface area is 210 Å². The zero-order valence-electron chi connectivity index (χ0n) is 19.4. The summed E-state index contributed by atoms with van der Waals surface area (Å²) in [4.78, 5) is 75.9. The van der Waals surface area contributed by atoms with E-state index in [-0.39, 0.29) is 35.5 Å². The topological polar surface area (TPSA) is 194 Å². The number of nitrogens with zero attached hydrogens (tertiary/aromatic N) is 2. The zero-order valence-corrected chi connectivity index (χ0v) is 19.4. The maximum absolute atomic E-state index is 13.6. The van der Waals surface area contributed by atoms with Gasteiger partial charge in [0.2, 0.25) is 5.91 Å². The lowest BCUT2D eigenvalue weighted by atomic mass is 10.1. The van der Waals surface area contributed by atoms with Crippen molar-refractivity contribution >= 4 is 47.3 Å². The van der Waals surface area contributed by atoms with Crippen LogP contribution in [0.5, 0.6) is 5.75 Å². The number of para-hydroxylation sites is 2. The van der Waals surface area contributed by atoms with Crippen molar-refractivity contribution in [2.45, 2.75) is 18.5 Å². The second-order valence-corrected chi connectivity index (χ2v) is 8.06. The first-order chi connectivity index (χ1) is 17.6. The number of aliphatic carboxylic acids is 1. The van der Waals surface area contributed by atoms with Gasteiger partial charge in [-0.3, -0.25) is 28.9 Å². The lowest BCUT2D eigenvalue weighted by molar-refractivity contribution is -0.139. The van der Waals surface area contributed by atoms with E-state index in [1.54, 1.807) is 12.1 Å². The van der Waals surface area contributed by atoms with Crippen LogP contribution in [0.4, 0.5) is 11.4 Å². The molecule has 13 heteroatoms. The van der Waals surface area contributed by atoms with Crippen molar-refractivity contribution in [3.63, 3.8) is 0 Å². The summed E-state index contributed by atoms with van der Waals surface area (Å²) in [5.41, 5.74) is 0.410. The highest BCUT2D eigenvalue weighted by molar-refractivity contribution is 6.11. The standard InChI is InChI=1S/C24H24N4O9/c29-12-15(9-22(34)35)25-20(32)11-28-19-4-2-1-3-18(19)27(21(33)13-30)10-17(24(28)37)26-23(36)14-5-7-16(31)8-6-14/h1-8,12,15,17,30-31H,9-11,13H2,(H,25,32)(H,26,36)(H,34,35)/t15-,17-/m0/s1. The Morgan fingerprint density at radius 3 is 2.30 bits per heavy atom. The molecule has 1 aliphatic rings. The van der Waals surface area contributed by atoms with Gasteiger partial charge in [0, 0.05) is 5.56 Å². The van der Waals surface area contributed by atoms with E-state index in [1.807, 2.05) is 0 Å². The Bertz CT molecular complexity index is 1210. The number of benzene rings is 2. The minimum absolute atomic E-state index is 0.0778. The van der Waals surface area contributed by atoms with Crippen molar-refractivity contribution in [1.29, 1.82) is 0 Å². The molecule has 2 aromatic rings. The average Bonchev–Trinajstić information content (AvgIpc) is 2.98. The molecule has 3 rings (SSSR count). The molecule has 0 bridgehead atoms. The molecule has 0 unspecified atom stereocenters. The molecule has 1 heterocycles. The molecule has 1 aliphatic heterocycles. The Morgan fingerprint density at radius 1 is 1.05 bits per heavy atom. The van der Waals surface area contributed by atoms with Gasteiger partial charge in [0.05, 0.1) is 30.4 Å². The molecule has 2 aromatic carbocycles. The zero-order chi connectivity index (χ0) is 27.1. The Balaban J connectivity index is 1.95. The summed E-state index contributed by atoms with van der Waals surface area (Å²) in [7, 11) is 0. The number of anilines is 2. The number of phenols is 1. The Hall–Kier alpha value is -4.78. The van der Waals surface area contributed by atoms with Gasteiger partial charge in [-0.05, 0) is 36.4 Å². The fourth-order valence-corrected chi connectivity index (χ4v) is 3.75. The van der Waals surface area contributed by atoms with Crippen LogP contribution in [0.2, 0.25) is 0 Å². The summed E-state index contributed by atoms with van der Waals surface area (Å²) in [6.45, 7) is -1.92. The lowest BCUT2D eigenvalue weighted by Gasteiger charge is -2.25. The number of aromatic hydroxyl groups is 1. The van der Waals surface area contributed by atoms with Gasteiger partial charge in [0.1, 0.15) is 31.2 Å². The third-order valence-corrected chi connectivity index (χ3v) is 5.47. The van der Waals surface area contributed by atoms with Crippen LogP contribution in [0.25, 0.3) is 0 Å². The number of carboxylic acids is 1. The van der Waals surface area contributed by atoms with Gasteiger partial charge >= 0.3 is 5.97 Å². The van der Waals surface area contributed by atoms with E-state index >= 15 is 0 Å². The van der Waals surface area contributed by atoms with Crippen LogP contribution >= 0.6 is 0 Å². The van der Waals surface area contributed by atoms with Crippen molar-refractivity contribution in [3.8, 4) is 5.75 Å². The van der Waals surface area contributed by atoms with Crippen molar-refractivity contribution in [2.24, 2.45) is 0 Å². The number of hydrogen-bond acceptors (Lipinski definition) is 8. The highest BCUT2D eigenvalue weighted by atomic mass is 16.4. The number of aliphatic hydroxyl groups excluding tert-OH is 1. The summed E-state index contributed by atoms with van der Waals surface area (Å²) in [6, 6.07) is 8.57. The fourth-order valence-electron chi connectivity index (χ4n) is 3.75. The minimum Gasteiger partial charge on any atom is -0.508 e. The molecule has 0 saturated carbocycles. The Kier molecular flexibility index (Phi) is 8.53. The predicted octanol–water partition coefficient (Wildman–Crippen LogP) is -0.979. The van der Waals surface area contributed by atoms with Crippen molar-refractivity contribution in [2.75, 3.05) is 29.5 Å². The van der Waals surface area contributed by atoms with E-state index in [0.717, 1.165) is 9.80 Å². The summed E-state index contributed by atoms with van der Waals surface area (Å²) in [6.07, 6.45) is -0.406. The van der Waals surface area contributed by atoms with Crippen molar-refractivity contribution in [1.82, 2.24) is 10.6 Å². The molecule has 194 valence electrons. The normalized spacial score (nSPS) is 15.7. The summed E-state index contributed by atoms with van der Waals surface area (Å²) in [5, 5.41) is 32.6. The van der Waals surface area contributed by atoms with E-state index in [0.29, 0.717) is 0 Å². The minimum atomic E-state index is -1.36. The molecular formula is C24H24N4O9. The number of carbonyl (C=O) groups is 6. The van der Waals surface area contributed by atoms with Crippen LogP contribution in [0.1, 0.15) is 16.8 Å². The van der Waals surface area contributed by atoms with Crippen LogP contribution in [0.15, 0.2) is 48.5 Å². The van der Waals surface area contributed by atoms with Gasteiger partial charge in [-0.1, -0.05) is 12.1 Å². The number of carboxylic acid groups (broad SMARTS) is 1. The van der Waals surface area contributed by atoms with Gasteiger partial charge in [-0.2, -0.15) is 0 Å². The molecule has 2 atom stereocenters. The first-order valence-corrected chi connectivity index (χ1v) is 11.0. The van der Waals surface area contributed by atoms with Gasteiger partial charge in [0.15, 0.2) is 0 Å². The molecule has 0 saturated heterocycles. The quantitative estimate of drug-likeness (QED) is 0.263. The van der Waals surface area contributed by atoms with Crippen LogP contribution in [0.3, 0.4) is 0 Å². The third-order valence-electron chi connectivity index (χ3n) is 5.47. The monoisotopic (exact) mass is 512 g/mol. The molecule has 13 nitrogen and oxygen atoms in total. The first kappa shape index (κ1) is 26.8. The summed E-state index contributed by atoms with van der Waals surface area (Å²) in [5.74, 6) is -4.49. The number of fused-ring (bicyclic) bond motifs is 1. The van der Waals surface area contributed by atoms with Crippen LogP contribution in [-0.4, -0.2) is 83.0 Å². The summed E-state index contributed by atoms with van der Waals surface area (Å²) >= 11 is 0. The highest BCUT2D eigenvalue weighted by Gasteiger charge is 2.37. The van der Waals surface area contributed by atoms with Gasteiger partial charge in [-0.15, -0.1) is 0 Å². The molecular weight excluding hydrogens is 488 g/mol. The van der Waals surface area contributed by atoms with Gasteiger partial charge < -0.3 is 35.6 Å².